The zero-order chi connectivity index (χ0) is 14.9. The Bertz CT molecular complexity index is 532. The maximum absolute atomic E-state index is 11.1. The van der Waals surface area contributed by atoms with E-state index in [0.29, 0.717) is 19.6 Å². The number of aliphatic carboxylic acids is 1. The van der Waals surface area contributed by atoms with Crippen molar-refractivity contribution in [2.75, 3.05) is 0 Å². The minimum Gasteiger partial charge on any atom is -0.481 e. The molecule has 21 heavy (non-hydrogen) atoms. The van der Waals surface area contributed by atoms with Crippen molar-refractivity contribution in [1.29, 1.82) is 0 Å². The molecular formula is C17H22O4. The third kappa shape index (κ3) is 3.11. The number of carboxylic acid groups (broad SMARTS) is 1. The van der Waals surface area contributed by atoms with E-state index in [1.807, 2.05) is 18.2 Å². The summed E-state index contributed by atoms with van der Waals surface area (Å²) in [7, 11) is 0. The lowest BCUT2D eigenvalue weighted by molar-refractivity contribution is -0.140. The van der Waals surface area contributed by atoms with Crippen LogP contribution in [0.1, 0.15) is 61.3 Å². The number of aliphatic hydroxyl groups excluding tert-OH is 1. The summed E-state index contributed by atoms with van der Waals surface area (Å²) in [4.78, 5) is 11.1. The van der Waals surface area contributed by atoms with Gasteiger partial charge in [-0.25, -0.2) is 0 Å². The summed E-state index contributed by atoms with van der Waals surface area (Å²) < 4.78 is 5.40. The normalized spacial score (nSPS) is 21.2. The van der Waals surface area contributed by atoms with Crippen LogP contribution in [0, 0.1) is 5.41 Å². The summed E-state index contributed by atoms with van der Waals surface area (Å²) >= 11 is 0. The van der Waals surface area contributed by atoms with E-state index in [4.69, 9.17) is 9.84 Å². The lowest BCUT2D eigenvalue weighted by Gasteiger charge is -2.30. The van der Waals surface area contributed by atoms with Gasteiger partial charge in [-0.05, 0) is 41.4 Å². The van der Waals surface area contributed by atoms with E-state index < -0.39 is 12.1 Å². The number of hydrogen-bond acceptors (Lipinski definition) is 3. The van der Waals surface area contributed by atoms with Crippen molar-refractivity contribution in [3.05, 3.63) is 34.9 Å². The maximum Gasteiger partial charge on any atom is 0.303 e. The Morgan fingerprint density at radius 2 is 1.95 bits per heavy atom. The van der Waals surface area contributed by atoms with Gasteiger partial charge in [-0.1, -0.05) is 31.0 Å². The SMILES string of the molecule is O=C(O)CC1(CC(O)c2ccc3c(c2)COC3)CCCC1. The molecule has 1 heterocycles. The zero-order valence-corrected chi connectivity index (χ0v) is 12.2. The molecule has 0 aromatic heterocycles. The number of ether oxygens (including phenoxy) is 1. The van der Waals surface area contributed by atoms with E-state index in [9.17, 15) is 9.90 Å². The van der Waals surface area contributed by atoms with Gasteiger partial charge in [0.25, 0.3) is 0 Å². The first kappa shape index (κ1) is 14.5. The molecule has 2 aliphatic rings. The summed E-state index contributed by atoms with van der Waals surface area (Å²) in [6, 6.07) is 5.97. The van der Waals surface area contributed by atoms with Gasteiger partial charge in [0.1, 0.15) is 0 Å². The number of fused-ring (bicyclic) bond motifs is 1. The molecule has 1 atom stereocenters. The zero-order valence-electron chi connectivity index (χ0n) is 12.2. The first-order valence-electron chi connectivity index (χ1n) is 7.67. The number of benzene rings is 1. The second-order valence-electron chi connectivity index (χ2n) is 6.52. The summed E-state index contributed by atoms with van der Waals surface area (Å²) in [5.74, 6) is -0.758. The lowest BCUT2D eigenvalue weighted by Crippen LogP contribution is -2.24. The highest BCUT2D eigenvalue weighted by molar-refractivity contribution is 5.67. The second kappa shape index (κ2) is 5.78. The van der Waals surface area contributed by atoms with E-state index in [0.717, 1.165) is 36.8 Å². The van der Waals surface area contributed by atoms with Crippen LogP contribution in [-0.2, 0) is 22.7 Å². The molecule has 0 bridgehead atoms. The first-order chi connectivity index (χ1) is 10.1. The third-order valence-corrected chi connectivity index (χ3v) is 4.95. The number of aliphatic hydroxyl groups is 1. The van der Waals surface area contributed by atoms with Gasteiger partial charge in [0.15, 0.2) is 0 Å². The highest BCUT2D eigenvalue weighted by Crippen LogP contribution is 2.47. The minimum absolute atomic E-state index is 0.165. The van der Waals surface area contributed by atoms with Gasteiger partial charge in [-0.2, -0.15) is 0 Å². The van der Waals surface area contributed by atoms with Gasteiger partial charge in [0.05, 0.1) is 25.7 Å². The van der Waals surface area contributed by atoms with Crippen LogP contribution in [0.3, 0.4) is 0 Å². The Kier molecular flexibility index (Phi) is 4.00. The summed E-state index contributed by atoms with van der Waals surface area (Å²) in [5, 5.41) is 19.7. The fourth-order valence-electron chi connectivity index (χ4n) is 3.83. The van der Waals surface area contributed by atoms with Crippen LogP contribution in [0.5, 0.6) is 0 Å². The first-order valence-corrected chi connectivity index (χ1v) is 7.67. The Hall–Kier alpha value is -1.39. The molecule has 3 rings (SSSR count). The van der Waals surface area contributed by atoms with Gasteiger partial charge >= 0.3 is 5.97 Å². The van der Waals surface area contributed by atoms with Gasteiger partial charge in [-0.15, -0.1) is 0 Å². The van der Waals surface area contributed by atoms with Gasteiger partial charge in [0, 0.05) is 0 Å². The molecule has 0 spiro atoms. The number of carbonyl (C=O) groups is 1. The predicted octanol–water partition coefficient (Wildman–Crippen LogP) is 3.18. The van der Waals surface area contributed by atoms with Crippen LogP contribution in [0.2, 0.25) is 0 Å². The molecular weight excluding hydrogens is 268 g/mol. The summed E-state index contributed by atoms with van der Waals surface area (Å²) in [6.45, 7) is 1.25. The average Bonchev–Trinajstić information content (AvgIpc) is 3.06. The summed E-state index contributed by atoms with van der Waals surface area (Å²) in [5.41, 5.74) is 2.98. The van der Waals surface area contributed by atoms with Crippen molar-refractivity contribution in [1.82, 2.24) is 0 Å². The van der Waals surface area contributed by atoms with Crippen LogP contribution < -0.4 is 0 Å². The molecule has 0 saturated heterocycles. The van der Waals surface area contributed by atoms with E-state index in [-0.39, 0.29) is 11.8 Å². The number of hydrogen-bond donors (Lipinski definition) is 2. The minimum atomic E-state index is -0.758. The second-order valence-corrected chi connectivity index (χ2v) is 6.52. The van der Waals surface area contributed by atoms with Crippen molar-refractivity contribution in [3.63, 3.8) is 0 Å². The quantitative estimate of drug-likeness (QED) is 0.874. The number of rotatable bonds is 5. The molecule has 1 saturated carbocycles. The monoisotopic (exact) mass is 290 g/mol. The summed E-state index contributed by atoms with van der Waals surface area (Å²) in [6.07, 6.45) is 4.07. The molecule has 1 unspecified atom stereocenters. The van der Waals surface area contributed by atoms with E-state index in [1.165, 1.54) is 5.56 Å². The maximum atomic E-state index is 11.1. The van der Waals surface area contributed by atoms with Crippen LogP contribution in [0.15, 0.2) is 18.2 Å². The number of carboxylic acids is 1. The fraction of sp³-hybridized carbons (Fsp3) is 0.588. The Balaban J connectivity index is 1.75. The molecule has 0 amide bonds. The predicted molar refractivity (Wildman–Crippen MR) is 77.7 cm³/mol. The van der Waals surface area contributed by atoms with Crippen molar-refractivity contribution >= 4 is 5.97 Å². The van der Waals surface area contributed by atoms with Crippen molar-refractivity contribution in [2.45, 2.75) is 57.8 Å². The van der Waals surface area contributed by atoms with Gasteiger partial charge < -0.3 is 14.9 Å². The fourth-order valence-corrected chi connectivity index (χ4v) is 3.83. The van der Waals surface area contributed by atoms with E-state index in [2.05, 4.69) is 0 Å². The van der Waals surface area contributed by atoms with Crippen LogP contribution >= 0.6 is 0 Å². The Morgan fingerprint density at radius 1 is 1.24 bits per heavy atom. The van der Waals surface area contributed by atoms with Crippen molar-refractivity contribution < 1.29 is 19.7 Å². The lowest BCUT2D eigenvalue weighted by atomic mass is 9.76. The van der Waals surface area contributed by atoms with Crippen LogP contribution in [-0.4, -0.2) is 16.2 Å². The van der Waals surface area contributed by atoms with Crippen molar-refractivity contribution in [3.8, 4) is 0 Å². The molecule has 1 aromatic carbocycles. The highest BCUT2D eigenvalue weighted by Gasteiger charge is 2.38. The standard InChI is InChI=1S/C17H22O4/c18-15(8-17(9-16(19)20)5-1-2-6-17)12-3-4-13-10-21-11-14(13)7-12/h3-4,7,15,18H,1-2,5-6,8-11H2,(H,19,20). The smallest absolute Gasteiger partial charge is 0.303 e. The van der Waals surface area contributed by atoms with Gasteiger partial charge in [-0.3, -0.25) is 4.79 Å². The molecule has 1 fully saturated rings. The van der Waals surface area contributed by atoms with Crippen LogP contribution in [0.25, 0.3) is 0 Å². The Labute approximate surface area is 124 Å². The molecule has 114 valence electrons. The topological polar surface area (TPSA) is 66.8 Å². The Morgan fingerprint density at radius 3 is 2.67 bits per heavy atom. The van der Waals surface area contributed by atoms with E-state index in [1.54, 1.807) is 0 Å². The molecule has 4 nitrogen and oxygen atoms in total. The molecule has 1 aliphatic heterocycles. The molecule has 4 heteroatoms. The largest absolute Gasteiger partial charge is 0.481 e. The third-order valence-electron chi connectivity index (χ3n) is 4.95. The molecule has 1 aliphatic carbocycles. The molecule has 1 aromatic rings. The average molecular weight is 290 g/mol. The van der Waals surface area contributed by atoms with Crippen LogP contribution in [0.4, 0.5) is 0 Å². The highest BCUT2D eigenvalue weighted by atomic mass is 16.5. The molecule has 0 radical (unpaired) electrons. The van der Waals surface area contributed by atoms with Crippen molar-refractivity contribution in [2.24, 2.45) is 5.41 Å². The van der Waals surface area contributed by atoms with E-state index >= 15 is 0 Å². The molecule has 2 N–H and O–H groups in total. The van der Waals surface area contributed by atoms with Gasteiger partial charge in [0.2, 0.25) is 0 Å².